The number of aryl methyl sites for hydroxylation is 1. The third-order valence-corrected chi connectivity index (χ3v) is 7.87. The summed E-state index contributed by atoms with van der Waals surface area (Å²) in [7, 11) is 0.420. The molecule has 0 N–H and O–H groups in total. The summed E-state index contributed by atoms with van der Waals surface area (Å²) in [6.07, 6.45) is 3.07. The molecule has 0 aromatic heterocycles. The molecular formula is C31H39FO6S. The molecule has 0 saturated heterocycles. The summed E-state index contributed by atoms with van der Waals surface area (Å²) in [5, 5.41) is 0. The van der Waals surface area contributed by atoms with E-state index in [0.29, 0.717) is 30.1 Å². The van der Waals surface area contributed by atoms with Crippen LogP contribution in [0.3, 0.4) is 0 Å². The minimum Gasteiger partial charge on any atom is -0.493 e. The van der Waals surface area contributed by atoms with Gasteiger partial charge in [-0.05, 0) is 84.2 Å². The Kier molecular flexibility index (Phi) is 10.2. The summed E-state index contributed by atoms with van der Waals surface area (Å²) in [6, 6.07) is 12.6. The molecule has 39 heavy (non-hydrogen) atoms. The molecule has 3 aromatic rings. The summed E-state index contributed by atoms with van der Waals surface area (Å²) in [5.41, 5.74) is 4.05. The van der Waals surface area contributed by atoms with Gasteiger partial charge in [0.1, 0.15) is 10.7 Å². The number of hydrogen-bond donors (Lipinski definition) is 0. The lowest BCUT2D eigenvalue weighted by atomic mass is 9.85. The van der Waals surface area contributed by atoms with Crippen molar-refractivity contribution in [1.29, 1.82) is 0 Å². The highest BCUT2D eigenvalue weighted by atomic mass is 32.2. The van der Waals surface area contributed by atoms with Crippen molar-refractivity contribution >= 4 is 10.1 Å². The summed E-state index contributed by atoms with van der Waals surface area (Å²) in [4.78, 5) is -0.256. The van der Waals surface area contributed by atoms with E-state index in [4.69, 9.17) is 18.4 Å². The van der Waals surface area contributed by atoms with Crippen molar-refractivity contribution in [3.8, 4) is 23.0 Å². The van der Waals surface area contributed by atoms with Crippen LogP contribution in [0.1, 0.15) is 62.3 Å². The minimum atomic E-state index is -4.31. The Bertz CT molecular complexity index is 1380. The molecule has 0 aliphatic rings. The Morgan fingerprint density at radius 3 is 2.08 bits per heavy atom. The Hall–Kier alpha value is -3.26. The normalized spacial score (nSPS) is 12.3. The number of ether oxygens (including phenoxy) is 3. The average Bonchev–Trinajstić information content (AvgIpc) is 2.90. The Balaban J connectivity index is 2.10. The van der Waals surface area contributed by atoms with Crippen LogP contribution in [0.4, 0.5) is 4.39 Å². The molecule has 0 bridgehead atoms. The molecule has 0 fully saturated rings. The zero-order chi connectivity index (χ0) is 28.7. The lowest BCUT2D eigenvalue weighted by Gasteiger charge is -2.23. The van der Waals surface area contributed by atoms with Crippen molar-refractivity contribution in [2.45, 2.75) is 64.2 Å². The van der Waals surface area contributed by atoms with E-state index in [1.54, 1.807) is 20.3 Å². The van der Waals surface area contributed by atoms with Gasteiger partial charge in [0, 0.05) is 5.56 Å². The highest BCUT2D eigenvalue weighted by Gasteiger charge is 2.26. The maximum atomic E-state index is 13.8. The molecule has 1 unspecified atom stereocenters. The molecular weight excluding hydrogens is 519 g/mol. The fraction of sp³-hybridized carbons (Fsp3) is 0.419. The molecule has 0 heterocycles. The second-order valence-electron chi connectivity index (χ2n) is 10.1. The predicted octanol–water partition coefficient (Wildman–Crippen LogP) is 7.12. The van der Waals surface area contributed by atoms with Crippen LogP contribution in [0.2, 0.25) is 0 Å². The SMILES string of the molecule is CCCc1cc(OC)c(OC)cc1C(C)Cc1ccc(OC)c(OS(=O)(=O)c2cccc(F)c2)c1CC(C)C. The molecule has 8 heteroatoms. The van der Waals surface area contributed by atoms with Crippen molar-refractivity contribution in [3.05, 3.63) is 76.6 Å². The van der Waals surface area contributed by atoms with Crippen molar-refractivity contribution in [2.75, 3.05) is 21.3 Å². The van der Waals surface area contributed by atoms with Gasteiger partial charge >= 0.3 is 10.1 Å². The maximum absolute atomic E-state index is 13.8. The molecule has 6 nitrogen and oxygen atoms in total. The second kappa shape index (κ2) is 13.2. The van der Waals surface area contributed by atoms with Crippen LogP contribution in [0, 0.1) is 11.7 Å². The zero-order valence-electron chi connectivity index (χ0n) is 23.8. The quantitative estimate of drug-likeness (QED) is 0.208. The first-order valence-corrected chi connectivity index (χ1v) is 14.6. The van der Waals surface area contributed by atoms with Crippen LogP contribution < -0.4 is 18.4 Å². The van der Waals surface area contributed by atoms with E-state index in [1.165, 1.54) is 30.9 Å². The first-order chi connectivity index (χ1) is 18.5. The number of halogens is 1. The van der Waals surface area contributed by atoms with E-state index >= 15 is 0 Å². The maximum Gasteiger partial charge on any atom is 0.339 e. The topological polar surface area (TPSA) is 71.1 Å². The van der Waals surface area contributed by atoms with E-state index in [9.17, 15) is 12.8 Å². The molecule has 1 atom stereocenters. The van der Waals surface area contributed by atoms with Gasteiger partial charge in [-0.25, -0.2) is 4.39 Å². The largest absolute Gasteiger partial charge is 0.493 e. The minimum absolute atomic E-state index is 0.0818. The van der Waals surface area contributed by atoms with E-state index in [2.05, 4.69) is 27.7 Å². The van der Waals surface area contributed by atoms with Gasteiger partial charge in [0.15, 0.2) is 23.0 Å². The first kappa shape index (κ1) is 30.3. The van der Waals surface area contributed by atoms with Crippen molar-refractivity contribution in [2.24, 2.45) is 5.92 Å². The van der Waals surface area contributed by atoms with Crippen LogP contribution in [-0.4, -0.2) is 29.7 Å². The zero-order valence-corrected chi connectivity index (χ0v) is 24.7. The van der Waals surface area contributed by atoms with Crippen molar-refractivity contribution < 1.29 is 31.2 Å². The molecule has 212 valence electrons. The monoisotopic (exact) mass is 558 g/mol. The third kappa shape index (κ3) is 7.24. The second-order valence-corrected chi connectivity index (χ2v) is 11.6. The first-order valence-electron chi connectivity index (χ1n) is 13.2. The van der Waals surface area contributed by atoms with Crippen LogP contribution in [-0.2, 0) is 29.4 Å². The highest BCUT2D eigenvalue weighted by molar-refractivity contribution is 7.87. The van der Waals surface area contributed by atoms with Gasteiger partial charge in [-0.1, -0.05) is 46.2 Å². The van der Waals surface area contributed by atoms with Gasteiger partial charge in [0.2, 0.25) is 0 Å². The molecule has 0 amide bonds. The lowest BCUT2D eigenvalue weighted by Crippen LogP contribution is -2.15. The van der Waals surface area contributed by atoms with Gasteiger partial charge in [-0.3, -0.25) is 0 Å². The highest BCUT2D eigenvalue weighted by Crippen LogP contribution is 2.41. The fourth-order valence-electron chi connectivity index (χ4n) is 4.82. The summed E-state index contributed by atoms with van der Waals surface area (Å²) in [6.45, 7) is 8.41. The smallest absolute Gasteiger partial charge is 0.339 e. The van der Waals surface area contributed by atoms with E-state index in [0.717, 1.165) is 35.6 Å². The summed E-state index contributed by atoms with van der Waals surface area (Å²) >= 11 is 0. The van der Waals surface area contributed by atoms with Crippen LogP contribution >= 0.6 is 0 Å². The molecule has 3 rings (SSSR count). The van der Waals surface area contributed by atoms with Gasteiger partial charge in [0.05, 0.1) is 21.3 Å². The van der Waals surface area contributed by atoms with E-state index < -0.39 is 15.9 Å². The van der Waals surface area contributed by atoms with E-state index in [1.807, 2.05) is 18.2 Å². The molecule has 0 saturated carbocycles. The number of hydrogen-bond acceptors (Lipinski definition) is 6. The predicted molar refractivity (Wildman–Crippen MR) is 151 cm³/mol. The molecule has 0 aliphatic heterocycles. The average molecular weight is 559 g/mol. The van der Waals surface area contributed by atoms with E-state index in [-0.39, 0.29) is 22.5 Å². The van der Waals surface area contributed by atoms with Crippen LogP contribution in [0.5, 0.6) is 23.0 Å². The summed E-state index contributed by atoms with van der Waals surface area (Å²) < 4.78 is 62.6. The summed E-state index contributed by atoms with van der Waals surface area (Å²) in [5.74, 6) is 1.44. The fourth-order valence-corrected chi connectivity index (χ4v) is 5.82. The number of rotatable bonds is 13. The molecule has 0 aliphatic carbocycles. The molecule has 0 spiro atoms. The van der Waals surface area contributed by atoms with Gasteiger partial charge in [-0.2, -0.15) is 8.42 Å². The van der Waals surface area contributed by atoms with Crippen LogP contribution in [0.25, 0.3) is 0 Å². The Morgan fingerprint density at radius 2 is 1.49 bits per heavy atom. The van der Waals surface area contributed by atoms with Crippen LogP contribution in [0.15, 0.2) is 53.4 Å². The van der Waals surface area contributed by atoms with Gasteiger partial charge in [0.25, 0.3) is 0 Å². The third-order valence-electron chi connectivity index (χ3n) is 6.65. The standard InChI is InChI=1S/C31H39FO6S/c1-8-10-22-17-29(36-6)30(37-7)19-26(22)21(4)16-23-13-14-28(35-5)31(27(23)15-20(2)3)38-39(33,34)25-12-9-11-24(32)18-25/h9,11-14,17-21H,8,10,15-16H2,1-7H3. The Morgan fingerprint density at radius 1 is 0.821 bits per heavy atom. The number of benzene rings is 3. The van der Waals surface area contributed by atoms with Gasteiger partial charge in [-0.15, -0.1) is 0 Å². The lowest BCUT2D eigenvalue weighted by molar-refractivity contribution is 0.353. The Labute approximate surface area is 232 Å². The van der Waals surface area contributed by atoms with Crippen molar-refractivity contribution in [3.63, 3.8) is 0 Å². The molecule has 3 aromatic carbocycles. The van der Waals surface area contributed by atoms with Gasteiger partial charge < -0.3 is 18.4 Å². The van der Waals surface area contributed by atoms with Crippen molar-refractivity contribution in [1.82, 2.24) is 0 Å². The number of methoxy groups -OCH3 is 3. The molecule has 0 radical (unpaired) electrons.